The molecule has 8 heteroatoms. The molecule has 0 aliphatic carbocycles. The second kappa shape index (κ2) is 13.4. The van der Waals surface area contributed by atoms with Crippen LogP contribution in [0.15, 0.2) is 91.0 Å². The van der Waals surface area contributed by atoms with Crippen molar-refractivity contribution >= 4 is 18.7 Å². The van der Waals surface area contributed by atoms with Crippen molar-refractivity contribution in [3.63, 3.8) is 0 Å². The highest BCUT2D eigenvalue weighted by molar-refractivity contribution is 6.99. The van der Waals surface area contributed by atoms with Crippen LogP contribution < -0.4 is 10.4 Å². The van der Waals surface area contributed by atoms with Gasteiger partial charge in [0.15, 0.2) is 0 Å². The summed E-state index contributed by atoms with van der Waals surface area (Å²) in [5, 5.41) is 22.7. The third-order valence-electron chi connectivity index (χ3n) is 10.0. The molecule has 3 saturated heterocycles. The minimum atomic E-state index is -2.77. The van der Waals surface area contributed by atoms with E-state index in [1.165, 1.54) is 10.4 Å². The Labute approximate surface area is 268 Å². The first kappa shape index (κ1) is 32.5. The van der Waals surface area contributed by atoms with Gasteiger partial charge >= 0.3 is 0 Å². The van der Waals surface area contributed by atoms with E-state index >= 15 is 0 Å². The molecule has 3 aromatic carbocycles. The fraction of sp³-hybridized carbons (Fsp3) is 0.514. The summed E-state index contributed by atoms with van der Waals surface area (Å²) in [6, 6.07) is 31.5. The Hall–Kier alpha value is -2.40. The number of rotatable bonds is 9. The summed E-state index contributed by atoms with van der Waals surface area (Å²) < 4.78 is 33.8. The zero-order valence-corrected chi connectivity index (χ0v) is 27.9. The van der Waals surface area contributed by atoms with Crippen LogP contribution in [-0.2, 0) is 30.0 Å². The molecule has 7 nitrogen and oxygen atoms in total. The van der Waals surface area contributed by atoms with E-state index in [1.807, 2.05) is 18.2 Å². The molecule has 3 aromatic rings. The van der Waals surface area contributed by atoms with Crippen LogP contribution in [0.5, 0.6) is 0 Å². The van der Waals surface area contributed by atoms with Gasteiger partial charge in [-0.25, -0.2) is 0 Å². The maximum absolute atomic E-state index is 10.6. The molecule has 45 heavy (non-hydrogen) atoms. The second-order valence-electron chi connectivity index (χ2n) is 14.0. The number of fused-ring (bicyclic) bond motifs is 2. The van der Waals surface area contributed by atoms with Gasteiger partial charge < -0.3 is 33.6 Å². The maximum atomic E-state index is 10.6. The average Bonchev–Trinajstić information content (AvgIpc) is 3.04. The molecule has 0 saturated carbocycles. The minimum absolute atomic E-state index is 0.153. The van der Waals surface area contributed by atoms with Crippen LogP contribution in [0.2, 0.25) is 5.04 Å². The Kier molecular flexibility index (Phi) is 9.67. The van der Waals surface area contributed by atoms with Crippen molar-refractivity contribution in [3.05, 3.63) is 96.6 Å². The van der Waals surface area contributed by atoms with Crippen molar-refractivity contribution in [2.24, 2.45) is 0 Å². The van der Waals surface area contributed by atoms with E-state index in [0.717, 1.165) is 5.56 Å². The molecule has 0 spiro atoms. The second-order valence-corrected chi connectivity index (χ2v) is 18.3. The number of ether oxygens (including phenoxy) is 4. The molecule has 3 aliphatic heterocycles. The van der Waals surface area contributed by atoms with E-state index in [0.29, 0.717) is 32.5 Å². The standard InChI is InChI=1S/C37H48O7Si/c1-36(2,3)45(28-16-10-6-11-17-28,29-18-12-7-13-19-29)41-25-27-20-34(40-24-26-14-8-5-9-15-26)37(4)35(42-27)22-31-32(44-37)21-30(39)33(23-38)43-31/h5-19,27,30-35,38-39H,20-25H2,1-4H3/t27-,30-,31-,32+,33+,34-,35+,37-/m0/s1. The lowest BCUT2D eigenvalue weighted by Gasteiger charge is -2.57. The van der Waals surface area contributed by atoms with Gasteiger partial charge in [-0.1, -0.05) is 112 Å². The molecule has 0 amide bonds. The molecule has 2 N–H and O–H groups in total. The van der Waals surface area contributed by atoms with E-state index in [2.05, 4.69) is 100 Å². The lowest BCUT2D eigenvalue weighted by atomic mass is 9.78. The third-order valence-corrected chi connectivity index (χ3v) is 15.0. The monoisotopic (exact) mass is 632 g/mol. The normalized spacial score (nSPS) is 32.0. The minimum Gasteiger partial charge on any atom is -0.405 e. The summed E-state index contributed by atoms with van der Waals surface area (Å²) in [5.41, 5.74) is 0.360. The predicted octanol–water partition coefficient (Wildman–Crippen LogP) is 4.36. The summed E-state index contributed by atoms with van der Waals surface area (Å²) in [7, 11) is -2.77. The summed E-state index contributed by atoms with van der Waals surface area (Å²) in [4.78, 5) is 0. The van der Waals surface area contributed by atoms with Gasteiger partial charge in [-0.2, -0.15) is 0 Å². The zero-order valence-electron chi connectivity index (χ0n) is 26.9. The van der Waals surface area contributed by atoms with E-state index in [-0.39, 0.29) is 42.2 Å². The Balaban J connectivity index is 1.29. The first-order valence-corrected chi connectivity index (χ1v) is 18.2. The van der Waals surface area contributed by atoms with Crippen LogP contribution in [0, 0.1) is 0 Å². The Morgan fingerprint density at radius 2 is 1.42 bits per heavy atom. The van der Waals surface area contributed by atoms with Gasteiger partial charge in [-0.05, 0) is 27.9 Å². The largest absolute Gasteiger partial charge is 0.405 e. The van der Waals surface area contributed by atoms with Crippen LogP contribution in [0.25, 0.3) is 0 Å². The van der Waals surface area contributed by atoms with Gasteiger partial charge in [0.2, 0.25) is 0 Å². The highest BCUT2D eigenvalue weighted by Crippen LogP contribution is 2.46. The van der Waals surface area contributed by atoms with E-state index in [1.54, 1.807) is 0 Å². The zero-order chi connectivity index (χ0) is 31.7. The fourth-order valence-electron chi connectivity index (χ4n) is 7.61. The molecule has 0 bridgehead atoms. The van der Waals surface area contributed by atoms with Gasteiger partial charge in [-0.15, -0.1) is 0 Å². The van der Waals surface area contributed by atoms with Crippen molar-refractivity contribution in [1.29, 1.82) is 0 Å². The van der Waals surface area contributed by atoms with Crippen molar-refractivity contribution in [3.8, 4) is 0 Å². The summed E-state index contributed by atoms with van der Waals surface area (Å²) in [6.45, 7) is 9.57. The number of aliphatic hydroxyl groups is 2. The topological polar surface area (TPSA) is 86.6 Å². The lowest BCUT2D eigenvalue weighted by molar-refractivity contribution is -0.333. The molecule has 0 radical (unpaired) electrons. The average molecular weight is 633 g/mol. The molecule has 242 valence electrons. The van der Waals surface area contributed by atoms with Crippen molar-refractivity contribution < 1.29 is 33.6 Å². The number of benzene rings is 3. The van der Waals surface area contributed by atoms with Crippen LogP contribution in [0.1, 0.15) is 52.5 Å². The molecule has 0 unspecified atom stereocenters. The number of hydrogen-bond acceptors (Lipinski definition) is 7. The van der Waals surface area contributed by atoms with Crippen LogP contribution in [0.3, 0.4) is 0 Å². The molecule has 3 heterocycles. The van der Waals surface area contributed by atoms with Crippen molar-refractivity contribution in [2.45, 2.75) is 107 Å². The van der Waals surface area contributed by atoms with Gasteiger partial charge in [-0.3, -0.25) is 0 Å². The van der Waals surface area contributed by atoms with Gasteiger partial charge in [0, 0.05) is 19.3 Å². The summed E-state index contributed by atoms with van der Waals surface area (Å²) in [6.07, 6.45) is -1.19. The molecule has 6 rings (SSSR count). The quantitative estimate of drug-likeness (QED) is 0.339. The van der Waals surface area contributed by atoms with Gasteiger partial charge in [0.1, 0.15) is 11.7 Å². The highest BCUT2D eigenvalue weighted by atomic mass is 28.4. The summed E-state index contributed by atoms with van der Waals surface area (Å²) in [5.74, 6) is 0. The Morgan fingerprint density at radius 3 is 2.00 bits per heavy atom. The van der Waals surface area contributed by atoms with E-state index in [4.69, 9.17) is 23.4 Å². The van der Waals surface area contributed by atoms with Gasteiger partial charge in [0.25, 0.3) is 8.32 Å². The maximum Gasteiger partial charge on any atom is 0.261 e. The predicted molar refractivity (Wildman–Crippen MR) is 176 cm³/mol. The SMILES string of the molecule is CC(C)(C)[Si](OC[C@@H]1C[C@H](OCc2ccccc2)[C@]2(C)O[C@@H]3C[C@H](O)[C@@H](CO)O[C@H]3C[C@H]2O1)(c1ccccc1)c1ccccc1. The Bertz CT molecular complexity index is 1330. The molecular weight excluding hydrogens is 584 g/mol. The first-order valence-electron chi connectivity index (χ1n) is 16.3. The third kappa shape index (κ3) is 6.44. The fourth-order valence-corrected chi connectivity index (χ4v) is 12.2. The Morgan fingerprint density at radius 1 is 0.822 bits per heavy atom. The van der Waals surface area contributed by atoms with Gasteiger partial charge in [0.05, 0.1) is 56.4 Å². The van der Waals surface area contributed by atoms with Crippen LogP contribution in [0.4, 0.5) is 0 Å². The first-order chi connectivity index (χ1) is 21.6. The molecule has 0 aromatic heterocycles. The van der Waals surface area contributed by atoms with Crippen LogP contribution in [-0.4, -0.2) is 80.1 Å². The smallest absolute Gasteiger partial charge is 0.261 e. The molecule has 3 fully saturated rings. The highest BCUT2D eigenvalue weighted by Gasteiger charge is 2.58. The molecule has 8 atom stereocenters. The van der Waals surface area contributed by atoms with Crippen molar-refractivity contribution in [2.75, 3.05) is 13.2 Å². The molecular formula is C37H48O7Si. The summed E-state index contributed by atoms with van der Waals surface area (Å²) >= 11 is 0. The van der Waals surface area contributed by atoms with Crippen LogP contribution >= 0.6 is 0 Å². The molecule has 3 aliphatic rings. The lowest BCUT2D eigenvalue weighted by Crippen LogP contribution is -2.69. The number of aliphatic hydroxyl groups excluding tert-OH is 2. The van der Waals surface area contributed by atoms with Crippen molar-refractivity contribution in [1.82, 2.24) is 0 Å². The van der Waals surface area contributed by atoms with E-state index < -0.39 is 26.1 Å². The van der Waals surface area contributed by atoms with E-state index in [9.17, 15) is 10.2 Å². The number of hydrogen-bond donors (Lipinski definition) is 2.